The number of nitrogens with zero attached hydrogens (tertiary/aromatic N) is 6. The maximum absolute atomic E-state index is 5.27. The van der Waals surface area contributed by atoms with E-state index in [1.165, 1.54) is 6.33 Å². The van der Waals surface area contributed by atoms with Crippen molar-refractivity contribution >= 4 is 16.9 Å². The van der Waals surface area contributed by atoms with Crippen LogP contribution in [-0.4, -0.2) is 36.4 Å². The van der Waals surface area contributed by atoms with E-state index in [4.69, 9.17) is 4.74 Å². The minimum Gasteiger partial charge on any atom is -0.497 e. The molecule has 0 spiro atoms. The van der Waals surface area contributed by atoms with E-state index in [1.807, 2.05) is 49.1 Å². The van der Waals surface area contributed by atoms with Gasteiger partial charge in [0.15, 0.2) is 5.65 Å². The average molecular weight is 349 g/mol. The zero-order chi connectivity index (χ0) is 18.1. The molecular weight excluding hydrogens is 330 g/mol. The summed E-state index contributed by atoms with van der Waals surface area (Å²) < 4.78 is 8.99. The van der Waals surface area contributed by atoms with Crippen molar-refractivity contribution in [2.75, 3.05) is 12.4 Å². The van der Waals surface area contributed by atoms with E-state index in [2.05, 4.69) is 25.4 Å². The van der Waals surface area contributed by atoms with Gasteiger partial charge < -0.3 is 14.6 Å². The number of methoxy groups -OCH3 is 1. The Kier molecular flexibility index (Phi) is 4.00. The lowest BCUT2D eigenvalue weighted by atomic mass is 10.1. The van der Waals surface area contributed by atoms with Crippen molar-refractivity contribution in [1.82, 2.24) is 29.3 Å². The Morgan fingerprint density at radius 2 is 1.88 bits per heavy atom. The Morgan fingerprint density at radius 3 is 2.58 bits per heavy atom. The van der Waals surface area contributed by atoms with Crippen LogP contribution in [0.4, 0.5) is 5.82 Å². The fraction of sp³-hybridized carbons (Fsp3) is 0.222. The minimum absolute atomic E-state index is 0.181. The number of ether oxygens (including phenoxy) is 1. The quantitative estimate of drug-likeness (QED) is 0.595. The van der Waals surface area contributed by atoms with Crippen LogP contribution in [0.2, 0.25) is 0 Å². The van der Waals surface area contributed by atoms with Gasteiger partial charge in [0.2, 0.25) is 0 Å². The van der Waals surface area contributed by atoms with Gasteiger partial charge in [-0.3, -0.25) is 4.68 Å². The van der Waals surface area contributed by atoms with Crippen molar-refractivity contribution in [3.63, 3.8) is 0 Å². The Hall–Kier alpha value is -3.42. The molecule has 1 aromatic carbocycles. The summed E-state index contributed by atoms with van der Waals surface area (Å²) in [5.41, 5.74) is 1.83. The van der Waals surface area contributed by atoms with Crippen LogP contribution in [0.5, 0.6) is 5.75 Å². The third kappa shape index (κ3) is 2.75. The van der Waals surface area contributed by atoms with E-state index < -0.39 is 0 Å². The van der Waals surface area contributed by atoms with Gasteiger partial charge in [-0.25, -0.2) is 15.0 Å². The van der Waals surface area contributed by atoms with Crippen LogP contribution in [0.3, 0.4) is 0 Å². The monoisotopic (exact) mass is 349 g/mol. The molecule has 1 N–H and O–H groups in total. The molecule has 0 fully saturated rings. The molecule has 0 amide bonds. The van der Waals surface area contributed by atoms with Crippen molar-refractivity contribution in [2.45, 2.75) is 6.04 Å². The van der Waals surface area contributed by atoms with Crippen LogP contribution in [0.1, 0.15) is 17.4 Å². The van der Waals surface area contributed by atoms with Gasteiger partial charge in [-0.15, -0.1) is 0 Å². The predicted octanol–water partition coefficient (Wildman–Crippen LogP) is 2.31. The number of hydrogen-bond donors (Lipinski definition) is 1. The standard InChI is InChI=1S/C18H19N7O/c1-24-9-8-19-18(24)15(12-4-6-13(26-3)7-5-12)23-16-14-10-22-25(2)17(14)21-11-20-16/h4-11,15H,1-3H3,(H,20,21,23)/t15-/m1/s1. The number of aryl methyl sites for hydroxylation is 2. The topological polar surface area (TPSA) is 82.7 Å². The van der Waals surface area contributed by atoms with Crippen LogP contribution in [0, 0.1) is 0 Å². The summed E-state index contributed by atoms with van der Waals surface area (Å²) in [6.45, 7) is 0. The number of hydrogen-bond acceptors (Lipinski definition) is 6. The minimum atomic E-state index is -0.181. The maximum atomic E-state index is 5.27. The van der Waals surface area contributed by atoms with E-state index in [0.29, 0.717) is 5.82 Å². The van der Waals surface area contributed by atoms with Gasteiger partial charge in [0.05, 0.1) is 18.7 Å². The summed E-state index contributed by atoms with van der Waals surface area (Å²) in [6.07, 6.45) is 7.01. The second-order valence-corrected chi connectivity index (χ2v) is 5.97. The first-order valence-corrected chi connectivity index (χ1v) is 8.18. The van der Waals surface area contributed by atoms with Gasteiger partial charge in [-0.05, 0) is 17.7 Å². The highest BCUT2D eigenvalue weighted by atomic mass is 16.5. The summed E-state index contributed by atoms with van der Waals surface area (Å²) in [5, 5.41) is 8.64. The van der Waals surface area contributed by atoms with Crippen molar-refractivity contribution in [3.8, 4) is 5.75 Å². The number of benzene rings is 1. The molecule has 0 saturated carbocycles. The van der Waals surface area contributed by atoms with E-state index in [-0.39, 0.29) is 6.04 Å². The first-order chi connectivity index (χ1) is 12.7. The molecule has 0 saturated heterocycles. The maximum Gasteiger partial charge on any atom is 0.163 e. The molecule has 8 heteroatoms. The fourth-order valence-electron chi connectivity index (χ4n) is 2.96. The molecule has 0 unspecified atom stereocenters. The highest BCUT2D eigenvalue weighted by Crippen LogP contribution is 2.28. The first-order valence-electron chi connectivity index (χ1n) is 8.18. The Bertz CT molecular complexity index is 1040. The largest absolute Gasteiger partial charge is 0.497 e. The Labute approximate surface area is 150 Å². The Balaban J connectivity index is 1.78. The highest BCUT2D eigenvalue weighted by Gasteiger charge is 2.20. The SMILES string of the molecule is COc1ccc([C@@H](Nc2ncnc3c2cnn3C)c2nccn2C)cc1. The lowest BCUT2D eigenvalue weighted by molar-refractivity contribution is 0.414. The van der Waals surface area contributed by atoms with Crippen LogP contribution in [0.15, 0.2) is 49.2 Å². The molecular formula is C18H19N7O. The average Bonchev–Trinajstić information content (AvgIpc) is 3.26. The number of anilines is 1. The summed E-state index contributed by atoms with van der Waals surface area (Å²) in [6, 6.07) is 7.73. The first kappa shape index (κ1) is 16.1. The van der Waals surface area contributed by atoms with E-state index in [0.717, 1.165) is 28.2 Å². The zero-order valence-electron chi connectivity index (χ0n) is 14.8. The van der Waals surface area contributed by atoms with Crippen molar-refractivity contribution in [2.24, 2.45) is 14.1 Å². The molecule has 3 aromatic heterocycles. The molecule has 8 nitrogen and oxygen atoms in total. The molecule has 26 heavy (non-hydrogen) atoms. The molecule has 3 heterocycles. The molecule has 4 aromatic rings. The molecule has 0 aliphatic rings. The fourth-order valence-corrected chi connectivity index (χ4v) is 2.96. The third-order valence-corrected chi connectivity index (χ3v) is 4.38. The Morgan fingerprint density at radius 1 is 1.08 bits per heavy atom. The highest BCUT2D eigenvalue weighted by molar-refractivity contribution is 5.86. The molecule has 0 bridgehead atoms. The van der Waals surface area contributed by atoms with Gasteiger partial charge in [0.1, 0.15) is 29.8 Å². The van der Waals surface area contributed by atoms with Gasteiger partial charge in [-0.2, -0.15) is 5.10 Å². The van der Waals surface area contributed by atoms with Gasteiger partial charge in [-0.1, -0.05) is 12.1 Å². The van der Waals surface area contributed by atoms with Crippen LogP contribution in [0.25, 0.3) is 11.0 Å². The van der Waals surface area contributed by atoms with Gasteiger partial charge in [0.25, 0.3) is 0 Å². The molecule has 1 atom stereocenters. The van der Waals surface area contributed by atoms with E-state index >= 15 is 0 Å². The van der Waals surface area contributed by atoms with E-state index in [9.17, 15) is 0 Å². The van der Waals surface area contributed by atoms with Crippen molar-refractivity contribution in [3.05, 3.63) is 60.6 Å². The number of rotatable bonds is 5. The normalized spacial score (nSPS) is 12.3. The summed E-state index contributed by atoms with van der Waals surface area (Å²) in [5.74, 6) is 2.40. The van der Waals surface area contributed by atoms with Gasteiger partial charge in [0, 0.05) is 26.5 Å². The number of nitrogens with one attached hydrogen (secondary N) is 1. The summed E-state index contributed by atoms with van der Waals surface area (Å²) in [4.78, 5) is 13.2. The van der Waals surface area contributed by atoms with Crippen LogP contribution >= 0.6 is 0 Å². The summed E-state index contributed by atoms with van der Waals surface area (Å²) >= 11 is 0. The molecule has 0 aliphatic heterocycles. The number of fused-ring (bicyclic) bond motifs is 1. The zero-order valence-corrected chi connectivity index (χ0v) is 14.8. The van der Waals surface area contributed by atoms with E-state index in [1.54, 1.807) is 24.2 Å². The van der Waals surface area contributed by atoms with Gasteiger partial charge >= 0.3 is 0 Å². The molecule has 0 radical (unpaired) electrons. The number of aromatic nitrogens is 6. The third-order valence-electron chi connectivity index (χ3n) is 4.38. The molecule has 132 valence electrons. The predicted molar refractivity (Wildman–Crippen MR) is 98.0 cm³/mol. The summed E-state index contributed by atoms with van der Waals surface area (Å²) in [7, 11) is 5.49. The molecule has 0 aliphatic carbocycles. The lowest BCUT2D eigenvalue weighted by Crippen LogP contribution is -2.17. The van der Waals surface area contributed by atoms with Crippen molar-refractivity contribution in [1.29, 1.82) is 0 Å². The lowest BCUT2D eigenvalue weighted by Gasteiger charge is -2.20. The smallest absolute Gasteiger partial charge is 0.163 e. The number of imidazole rings is 1. The van der Waals surface area contributed by atoms with Crippen LogP contribution in [-0.2, 0) is 14.1 Å². The second kappa shape index (κ2) is 6.47. The van der Waals surface area contributed by atoms with Crippen molar-refractivity contribution < 1.29 is 4.74 Å². The second-order valence-electron chi connectivity index (χ2n) is 5.97. The molecule has 4 rings (SSSR count). The van der Waals surface area contributed by atoms with Crippen LogP contribution < -0.4 is 10.1 Å².